The Morgan fingerprint density at radius 1 is 0.416 bits per heavy atom. The summed E-state index contributed by atoms with van der Waals surface area (Å²) in [5.41, 5.74) is 4.05. The standard InChI is InChI=1S/C23H33N3O3.C21H29N3O3.C21H24N2.C18H25N3O/c1-22(2,3)29-21(28)25-14-8-7-11-20(27)26-15-12-23(18-24,13-16-26)17-19-9-5-4-6-10-19;1-20(2,3)27-19(26)23-12-9-18(25)24-13-10-21(16-22,11-14-24)15-17-7-5-4-6-8-17;22-18-21(12-11-19-7-3-1-4-8-19)13-15-23(16-14-21)17-20-9-5-2-6-10-20;1-20(2)14-17(22)21-12-10-18(15-19,11-13-21)9-8-16-6-4-3-5-7-16/h4-6,9-10H,7-8,11-17H2,1-3H3,(H,25,28);4-8H,9-15H2,1-3H3,(H,23,26);1-10H,11-17H2;3-7H,8-14H2,1-2H3. The summed E-state index contributed by atoms with van der Waals surface area (Å²) in [6.07, 6.45) is 12.8. The molecule has 18 heteroatoms. The zero-order chi connectivity index (χ0) is 73.2. The van der Waals surface area contributed by atoms with E-state index in [0.717, 1.165) is 95.8 Å². The minimum atomic E-state index is -0.555. The van der Waals surface area contributed by atoms with E-state index in [4.69, 9.17) is 9.47 Å². The van der Waals surface area contributed by atoms with Gasteiger partial charge in [0.25, 0.3) is 0 Å². The van der Waals surface area contributed by atoms with Crippen LogP contribution < -0.4 is 10.6 Å². The van der Waals surface area contributed by atoms with Crippen LogP contribution in [0.1, 0.15) is 159 Å². The van der Waals surface area contributed by atoms with Gasteiger partial charge in [-0.05, 0) is 186 Å². The van der Waals surface area contributed by atoms with E-state index in [1.807, 2.05) is 122 Å². The lowest BCUT2D eigenvalue weighted by Crippen LogP contribution is -2.45. The van der Waals surface area contributed by atoms with Crippen LogP contribution in [-0.2, 0) is 56.1 Å². The number of amides is 5. The van der Waals surface area contributed by atoms with Crippen molar-refractivity contribution in [2.24, 2.45) is 21.7 Å². The maximum absolute atomic E-state index is 12.5. The van der Waals surface area contributed by atoms with Crippen LogP contribution in [0.2, 0.25) is 0 Å². The van der Waals surface area contributed by atoms with Gasteiger partial charge in [0, 0.05) is 84.8 Å². The number of aryl methyl sites for hydroxylation is 2. The number of likely N-dealkylation sites (tertiary alicyclic amines) is 4. The maximum atomic E-state index is 12.5. The summed E-state index contributed by atoms with van der Waals surface area (Å²) in [6, 6.07) is 61.8. The molecule has 5 amide bonds. The highest BCUT2D eigenvalue weighted by molar-refractivity contribution is 5.78. The molecule has 9 rings (SSSR count). The molecule has 2 N–H and O–H groups in total. The lowest BCUT2D eigenvalue weighted by molar-refractivity contribution is -0.134. The van der Waals surface area contributed by atoms with Crippen LogP contribution >= 0.6 is 0 Å². The number of alkyl carbamates (subject to hydrolysis) is 2. The third-order valence-electron chi connectivity index (χ3n) is 19.4. The van der Waals surface area contributed by atoms with Gasteiger partial charge in [-0.3, -0.25) is 19.3 Å². The summed E-state index contributed by atoms with van der Waals surface area (Å²) in [5, 5.41) is 44.1. The van der Waals surface area contributed by atoms with Gasteiger partial charge in [0.2, 0.25) is 17.7 Å². The first-order valence-corrected chi connectivity index (χ1v) is 36.3. The Morgan fingerprint density at radius 3 is 1.09 bits per heavy atom. The predicted octanol–water partition coefficient (Wildman–Crippen LogP) is 14.1. The number of nitriles is 4. The van der Waals surface area contributed by atoms with Crippen molar-refractivity contribution in [1.29, 1.82) is 21.0 Å². The molecule has 4 fully saturated rings. The van der Waals surface area contributed by atoms with Gasteiger partial charge in [-0.1, -0.05) is 152 Å². The van der Waals surface area contributed by atoms with Crippen LogP contribution in [0, 0.1) is 67.0 Å². The number of benzene rings is 5. The molecule has 0 spiro atoms. The molecule has 4 aliphatic rings. The molecule has 0 saturated carbocycles. The second-order valence-corrected chi connectivity index (χ2v) is 30.1. The summed E-state index contributed by atoms with van der Waals surface area (Å²) in [7, 11) is 3.81. The van der Waals surface area contributed by atoms with Gasteiger partial charge in [0.15, 0.2) is 0 Å². The Hall–Kier alpha value is -9.07. The summed E-state index contributed by atoms with van der Waals surface area (Å²) in [6.45, 7) is 18.9. The number of nitrogens with one attached hydrogen (secondary N) is 2. The topological polar surface area (TPSA) is 239 Å². The van der Waals surface area contributed by atoms with Crippen LogP contribution in [0.25, 0.3) is 0 Å². The van der Waals surface area contributed by atoms with Gasteiger partial charge in [-0.25, -0.2) is 9.59 Å². The lowest BCUT2D eigenvalue weighted by atomic mass is 9.75. The molecule has 540 valence electrons. The van der Waals surface area contributed by atoms with E-state index in [9.17, 15) is 45.0 Å². The molecule has 0 radical (unpaired) electrons. The molecule has 0 bridgehead atoms. The minimum Gasteiger partial charge on any atom is -0.444 e. The Labute approximate surface area is 602 Å². The molecule has 4 saturated heterocycles. The molecule has 101 heavy (non-hydrogen) atoms. The number of hydrogen-bond acceptors (Lipinski definition) is 13. The number of nitrogens with zero attached hydrogens (tertiary/aromatic N) is 9. The number of hydrogen-bond donors (Lipinski definition) is 2. The normalized spacial score (nSPS) is 16.7. The van der Waals surface area contributed by atoms with Gasteiger partial charge < -0.3 is 39.7 Å². The number of carbonyl (C=O) groups is 5. The Balaban J connectivity index is 0.000000213. The Bertz CT molecular complexity index is 3480. The predicted molar refractivity (Wildman–Crippen MR) is 396 cm³/mol. The minimum absolute atomic E-state index is 0.00249. The highest BCUT2D eigenvalue weighted by Crippen LogP contribution is 2.39. The van der Waals surface area contributed by atoms with Crippen molar-refractivity contribution in [2.45, 2.75) is 175 Å². The molecule has 4 aliphatic heterocycles. The van der Waals surface area contributed by atoms with Gasteiger partial charge in [-0.2, -0.15) is 21.0 Å². The number of carbonyl (C=O) groups excluding carboxylic acids is 5. The molecular weight excluding hydrogens is 1260 g/mol. The van der Waals surface area contributed by atoms with Crippen molar-refractivity contribution in [1.82, 2.24) is 35.1 Å². The van der Waals surface area contributed by atoms with E-state index in [1.54, 1.807) is 25.7 Å². The van der Waals surface area contributed by atoms with E-state index in [0.29, 0.717) is 90.9 Å². The SMILES string of the molecule is CC(C)(C)OC(=O)NCCC(=O)N1CCC(C#N)(Cc2ccccc2)CC1.CC(C)(C)OC(=O)NCCCCC(=O)N1CCC(C#N)(Cc2ccccc2)CC1.CN(C)CC(=O)N1CCC(C#N)(CCc2ccccc2)CC1.N#CC1(CCc2ccccc2)CCN(Cc2ccccc2)CC1. The number of likely N-dealkylation sites (N-methyl/N-ethyl adjacent to an activating group) is 1. The first kappa shape index (κ1) is 80.9. The van der Waals surface area contributed by atoms with Gasteiger partial charge in [-0.15, -0.1) is 0 Å². The van der Waals surface area contributed by atoms with Gasteiger partial charge >= 0.3 is 12.2 Å². The first-order valence-electron chi connectivity index (χ1n) is 36.3. The van der Waals surface area contributed by atoms with Crippen LogP contribution in [0.3, 0.4) is 0 Å². The quantitative estimate of drug-likeness (QED) is 0.0614. The van der Waals surface area contributed by atoms with Crippen LogP contribution in [0.4, 0.5) is 9.59 Å². The molecule has 5 aromatic rings. The van der Waals surface area contributed by atoms with Crippen LogP contribution in [0.5, 0.6) is 0 Å². The monoisotopic (exact) mass is 1370 g/mol. The van der Waals surface area contributed by atoms with E-state index in [-0.39, 0.29) is 46.9 Å². The Kier molecular flexibility index (Phi) is 32.4. The summed E-state index contributed by atoms with van der Waals surface area (Å²) < 4.78 is 10.3. The molecule has 4 heterocycles. The zero-order valence-corrected chi connectivity index (χ0v) is 61.5. The number of ether oxygens (including phenoxy) is 2. The van der Waals surface area contributed by atoms with Crippen molar-refractivity contribution in [2.75, 3.05) is 86.1 Å². The maximum Gasteiger partial charge on any atom is 0.407 e. The van der Waals surface area contributed by atoms with Crippen molar-refractivity contribution in [3.8, 4) is 24.3 Å². The second kappa shape index (κ2) is 40.4. The summed E-state index contributed by atoms with van der Waals surface area (Å²) in [5.74, 6) is 0.297. The van der Waals surface area contributed by atoms with Gasteiger partial charge in [0.05, 0.1) is 52.5 Å². The highest BCUT2D eigenvalue weighted by atomic mass is 16.6. The van der Waals surface area contributed by atoms with Crippen molar-refractivity contribution < 1.29 is 33.4 Å². The average Bonchev–Trinajstić information content (AvgIpc) is 0.848. The summed E-state index contributed by atoms with van der Waals surface area (Å²) in [4.78, 5) is 70.1. The first-order chi connectivity index (χ1) is 48.3. The van der Waals surface area contributed by atoms with Gasteiger partial charge in [0.1, 0.15) is 11.2 Å². The lowest BCUT2D eigenvalue weighted by Gasteiger charge is -2.37. The molecule has 0 atom stereocenters. The third kappa shape index (κ3) is 29.2. The molecular formula is C83H111N11O7. The van der Waals surface area contributed by atoms with Crippen molar-refractivity contribution in [3.05, 3.63) is 179 Å². The third-order valence-corrected chi connectivity index (χ3v) is 19.4. The fourth-order valence-electron chi connectivity index (χ4n) is 13.2. The molecule has 18 nitrogen and oxygen atoms in total. The van der Waals surface area contributed by atoms with Crippen molar-refractivity contribution in [3.63, 3.8) is 0 Å². The van der Waals surface area contributed by atoms with Crippen LogP contribution in [0.15, 0.2) is 152 Å². The number of unbranched alkanes of at least 4 members (excludes halogenated alkanes) is 1. The van der Waals surface area contributed by atoms with E-state index >= 15 is 0 Å². The molecule has 5 aromatic carbocycles. The van der Waals surface area contributed by atoms with Crippen LogP contribution in [-0.4, -0.2) is 152 Å². The zero-order valence-electron chi connectivity index (χ0n) is 61.5. The number of piperidine rings is 4. The van der Waals surface area contributed by atoms with Crippen molar-refractivity contribution >= 4 is 29.9 Å². The highest BCUT2D eigenvalue weighted by Gasteiger charge is 2.39. The van der Waals surface area contributed by atoms with E-state index < -0.39 is 28.8 Å². The van der Waals surface area contributed by atoms with E-state index in [2.05, 4.69) is 119 Å². The average molecular weight is 1370 g/mol. The summed E-state index contributed by atoms with van der Waals surface area (Å²) >= 11 is 0. The molecule has 0 aliphatic carbocycles. The number of rotatable bonds is 22. The second-order valence-electron chi connectivity index (χ2n) is 30.1. The Morgan fingerprint density at radius 2 is 0.733 bits per heavy atom. The fourth-order valence-corrected chi connectivity index (χ4v) is 13.2. The fraction of sp³-hybridized carbons (Fsp3) is 0.530. The van der Waals surface area contributed by atoms with E-state index in [1.165, 1.54) is 22.3 Å². The smallest absolute Gasteiger partial charge is 0.407 e. The largest absolute Gasteiger partial charge is 0.444 e. The molecule has 0 unspecified atom stereocenters. The molecule has 0 aromatic heterocycles.